The molecule has 196 valence electrons. The minimum Gasteiger partial charge on any atom is -0.469 e. The smallest absolute Gasteiger partial charge is 0.416 e. The van der Waals surface area contributed by atoms with Gasteiger partial charge in [-0.3, -0.25) is 14.5 Å². The van der Waals surface area contributed by atoms with Crippen LogP contribution < -0.4 is 0 Å². The molecule has 1 aliphatic rings. The molecule has 10 heteroatoms. The van der Waals surface area contributed by atoms with Crippen molar-refractivity contribution in [3.05, 3.63) is 70.2 Å². The summed E-state index contributed by atoms with van der Waals surface area (Å²) in [5.41, 5.74) is 0.857. The molecule has 0 aromatic heterocycles. The van der Waals surface area contributed by atoms with Gasteiger partial charge in [0.05, 0.1) is 25.4 Å². The van der Waals surface area contributed by atoms with Crippen LogP contribution in [0.3, 0.4) is 0 Å². The third-order valence-corrected chi connectivity index (χ3v) is 6.37. The van der Waals surface area contributed by atoms with Crippen molar-refractivity contribution in [2.45, 2.75) is 38.1 Å². The summed E-state index contributed by atoms with van der Waals surface area (Å²) in [5, 5.41) is 0.597. The summed E-state index contributed by atoms with van der Waals surface area (Å²) >= 11 is 6.03. The average molecular weight is 527 g/mol. The molecule has 0 spiro atoms. The van der Waals surface area contributed by atoms with Crippen LogP contribution >= 0.6 is 11.6 Å². The zero-order valence-electron chi connectivity index (χ0n) is 20.1. The first-order valence-corrected chi connectivity index (χ1v) is 12.1. The minimum atomic E-state index is -4.38. The Bertz CT molecular complexity index is 992. The molecule has 0 N–H and O–H groups in total. The number of carbonyl (C=O) groups excluding carboxylic acids is 2. The van der Waals surface area contributed by atoms with E-state index in [1.54, 1.807) is 17.0 Å². The molecule has 0 aliphatic carbocycles. The van der Waals surface area contributed by atoms with Crippen LogP contribution in [0.15, 0.2) is 48.5 Å². The Balaban J connectivity index is 1.56. The first-order chi connectivity index (χ1) is 17.2. The Morgan fingerprint density at radius 3 is 2.19 bits per heavy atom. The van der Waals surface area contributed by atoms with E-state index < -0.39 is 11.7 Å². The molecule has 1 atom stereocenters. The number of amides is 1. The Morgan fingerprint density at radius 1 is 0.972 bits per heavy atom. The lowest BCUT2D eigenvalue weighted by atomic mass is 10.1. The predicted octanol–water partition coefficient (Wildman–Crippen LogP) is 5.10. The van der Waals surface area contributed by atoms with Crippen molar-refractivity contribution in [3.8, 4) is 0 Å². The molecule has 1 amide bonds. The van der Waals surface area contributed by atoms with Crippen molar-refractivity contribution in [3.63, 3.8) is 0 Å². The molecule has 0 bridgehead atoms. The van der Waals surface area contributed by atoms with Gasteiger partial charge in [0, 0.05) is 50.6 Å². The molecule has 36 heavy (non-hydrogen) atoms. The summed E-state index contributed by atoms with van der Waals surface area (Å²) in [6.45, 7) is 3.19. The number of hydrogen-bond acceptors (Lipinski definition) is 5. The zero-order valence-corrected chi connectivity index (χ0v) is 20.9. The maximum absolute atomic E-state index is 12.8. The van der Waals surface area contributed by atoms with Crippen LogP contribution in [0.2, 0.25) is 5.02 Å². The first kappa shape index (κ1) is 28.0. The van der Waals surface area contributed by atoms with Gasteiger partial charge in [-0.15, -0.1) is 0 Å². The summed E-state index contributed by atoms with van der Waals surface area (Å²) in [6.07, 6.45) is -3.72. The highest BCUT2D eigenvalue weighted by atomic mass is 35.5. The van der Waals surface area contributed by atoms with Gasteiger partial charge in [0.15, 0.2) is 0 Å². The number of halogens is 4. The van der Waals surface area contributed by atoms with Gasteiger partial charge in [-0.2, -0.15) is 13.2 Å². The molecule has 3 rings (SSSR count). The summed E-state index contributed by atoms with van der Waals surface area (Å²) in [7, 11) is 1.33. The molecule has 0 saturated carbocycles. The number of benzene rings is 2. The molecule has 1 fully saturated rings. The van der Waals surface area contributed by atoms with E-state index in [-0.39, 0.29) is 31.0 Å². The standard InChI is InChI=1S/C26H30ClF3N2O4/c1-35-25(34)4-2-3-24(33)32-15-13-31(14-16-32)17-23(20-7-11-22(27)12-8-20)36-18-19-5-9-21(10-6-19)26(28,29)30/h5-12,23H,2-4,13-18H2,1H3. The van der Waals surface area contributed by atoms with E-state index >= 15 is 0 Å². The van der Waals surface area contributed by atoms with Crippen LogP contribution in [-0.4, -0.2) is 61.5 Å². The highest BCUT2D eigenvalue weighted by molar-refractivity contribution is 6.30. The van der Waals surface area contributed by atoms with E-state index in [1.807, 2.05) is 12.1 Å². The van der Waals surface area contributed by atoms with E-state index in [0.717, 1.165) is 17.7 Å². The number of hydrogen-bond donors (Lipinski definition) is 0. The second-order valence-electron chi connectivity index (χ2n) is 8.66. The number of methoxy groups -OCH3 is 1. The Morgan fingerprint density at radius 2 is 1.61 bits per heavy atom. The number of nitrogens with zero attached hydrogens (tertiary/aromatic N) is 2. The van der Waals surface area contributed by atoms with Crippen LogP contribution in [0, 0.1) is 0 Å². The van der Waals surface area contributed by atoms with Gasteiger partial charge in [0.1, 0.15) is 0 Å². The number of esters is 1. The van der Waals surface area contributed by atoms with Crippen LogP contribution in [0.4, 0.5) is 13.2 Å². The van der Waals surface area contributed by atoms with Crippen molar-refractivity contribution in [2.75, 3.05) is 39.8 Å². The maximum atomic E-state index is 12.8. The summed E-state index contributed by atoms with van der Waals surface area (Å²) in [4.78, 5) is 27.7. The van der Waals surface area contributed by atoms with Crippen LogP contribution in [0.25, 0.3) is 0 Å². The largest absolute Gasteiger partial charge is 0.469 e. The molecule has 2 aromatic rings. The monoisotopic (exact) mass is 526 g/mol. The fourth-order valence-electron chi connectivity index (χ4n) is 3.98. The summed E-state index contributed by atoms with van der Waals surface area (Å²) in [5.74, 6) is -0.302. The fourth-order valence-corrected chi connectivity index (χ4v) is 4.10. The Labute approximate surface area is 213 Å². The van der Waals surface area contributed by atoms with E-state index in [1.165, 1.54) is 19.2 Å². The van der Waals surface area contributed by atoms with Gasteiger partial charge in [-0.1, -0.05) is 35.9 Å². The molecule has 2 aromatic carbocycles. The molecule has 6 nitrogen and oxygen atoms in total. The van der Waals surface area contributed by atoms with Crippen molar-refractivity contribution in [1.82, 2.24) is 9.80 Å². The van der Waals surface area contributed by atoms with Crippen LogP contribution in [0.5, 0.6) is 0 Å². The maximum Gasteiger partial charge on any atom is 0.416 e. The minimum absolute atomic E-state index is 0.0198. The molecule has 0 radical (unpaired) electrons. The van der Waals surface area contributed by atoms with Gasteiger partial charge in [-0.25, -0.2) is 0 Å². The lowest BCUT2D eigenvalue weighted by Gasteiger charge is -2.36. The second kappa shape index (κ2) is 13.1. The molecular formula is C26H30ClF3N2O4. The fraction of sp³-hybridized carbons (Fsp3) is 0.462. The summed E-state index contributed by atoms with van der Waals surface area (Å²) in [6, 6.07) is 12.3. The van der Waals surface area contributed by atoms with E-state index in [0.29, 0.717) is 56.2 Å². The highest BCUT2D eigenvalue weighted by Crippen LogP contribution is 2.30. The number of alkyl halides is 3. The van der Waals surface area contributed by atoms with E-state index in [2.05, 4.69) is 9.64 Å². The van der Waals surface area contributed by atoms with Gasteiger partial charge >= 0.3 is 12.1 Å². The topological polar surface area (TPSA) is 59.1 Å². The molecule has 1 aliphatic heterocycles. The molecular weight excluding hydrogens is 497 g/mol. The quantitative estimate of drug-likeness (QED) is 0.403. The lowest BCUT2D eigenvalue weighted by Crippen LogP contribution is -2.49. The van der Waals surface area contributed by atoms with Gasteiger partial charge < -0.3 is 14.4 Å². The Hall–Kier alpha value is -2.62. The third-order valence-electron chi connectivity index (χ3n) is 6.12. The normalized spacial score (nSPS) is 15.5. The van der Waals surface area contributed by atoms with Crippen molar-refractivity contribution >= 4 is 23.5 Å². The third kappa shape index (κ3) is 8.50. The zero-order chi connectivity index (χ0) is 26.1. The molecule has 1 unspecified atom stereocenters. The van der Waals surface area contributed by atoms with Crippen molar-refractivity contribution in [1.29, 1.82) is 0 Å². The number of carbonyl (C=O) groups is 2. The predicted molar refractivity (Wildman–Crippen MR) is 129 cm³/mol. The number of rotatable bonds is 10. The van der Waals surface area contributed by atoms with Gasteiger partial charge in [0.2, 0.25) is 5.91 Å². The SMILES string of the molecule is COC(=O)CCCC(=O)N1CCN(CC(OCc2ccc(C(F)(F)F)cc2)c2ccc(Cl)cc2)CC1. The first-order valence-electron chi connectivity index (χ1n) is 11.8. The highest BCUT2D eigenvalue weighted by Gasteiger charge is 2.30. The Kier molecular flexibility index (Phi) is 10.2. The lowest BCUT2D eigenvalue weighted by molar-refractivity contribution is -0.141. The molecule has 1 saturated heterocycles. The van der Waals surface area contributed by atoms with Crippen LogP contribution in [0.1, 0.15) is 42.1 Å². The van der Waals surface area contributed by atoms with E-state index in [4.69, 9.17) is 16.3 Å². The average Bonchev–Trinajstić information content (AvgIpc) is 2.87. The summed E-state index contributed by atoms with van der Waals surface area (Å²) < 4.78 is 49.3. The van der Waals surface area contributed by atoms with E-state index in [9.17, 15) is 22.8 Å². The van der Waals surface area contributed by atoms with Gasteiger partial charge in [-0.05, 0) is 41.8 Å². The van der Waals surface area contributed by atoms with Gasteiger partial charge in [0.25, 0.3) is 0 Å². The second-order valence-corrected chi connectivity index (χ2v) is 9.09. The molecule has 1 heterocycles. The van der Waals surface area contributed by atoms with Crippen molar-refractivity contribution < 1.29 is 32.2 Å². The number of ether oxygens (including phenoxy) is 2. The van der Waals surface area contributed by atoms with Crippen LogP contribution in [-0.2, 0) is 31.8 Å². The number of piperazine rings is 1. The van der Waals surface area contributed by atoms with Crippen molar-refractivity contribution in [2.24, 2.45) is 0 Å².